The standard InChI is InChI=1S/C19H20Cl2N2/c20-10-13-23(14-11-21)17-7-5-16(6-8-17)19-18-4-2-1-3-15(18)9-12-22-19/h1-8H,9-14H2. The molecule has 0 saturated heterocycles. The summed E-state index contributed by atoms with van der Waals surface area (Å²) < 4.78 is 0. The van der Waals surface area contributed by atoms with E-state index in [1.54, 1.807) is 0 Å². The second-order valence-corrected chi connectivity index (χ2v) is 6.31. The maximum absolute atomic E-state index is 5.89. The van der Waals surface area contributed by atoms with Crippen molar-refractivity contribution in [2.45, 2.75) is 6.42 Å². The minimum Gasteiger partial charge on any atom is -0.369 e. The number of benzene rings is 2. The molecular weight excluding hydrogens is 327 g/mol. The third-order valence-corrected chi connectivity index (χ3v) is 4.48. The van der Waals surface area contributed by atoms with Gasteiger partial charge in [0.25, 0.3) is 0 Å². The number of fused-ring (bicyclic) bond motifs is 1. The van der Waals surface area contributed by atoms with Crippen LogP contribution in [0, 0.1) is 0 Å². The van der Waals surface area contributed by atoms with E-state index in [-0.39, 0.29) is 0 Å². The molecular formula is C19H20Cl2N2. The van der Waals surface area contributed by atoms with Crippen molar-refractivity contribution in [3.05, 3.63) is 65.2 Å². The minimum absolute atomic E-state index is 0.596. The van der Waals surface area contributed by atoms with Gasteiger partial charge in [-0.25, -0.2) is 0 Å². The molecule has 0 saturated carbocycles. The van der Waals surface area contributed by atoms with E-state index in [2.05, 4.69) is 53.4 Å². The monoisotopic (exact) mass is 346 g/mol. The molecule has 23 heavy (non-hydrogen) atoms. The van der Waals surface area contributed by atoms with Gasteiger partial charge in [-0.15, -0.1) is 23.2 Å². The van der Waals surface area contributed by atoms with Crippen LogP contribution >= 0.6 is 23.2 Å². The van der Waals surface area contributed by atoms with Crippen molar-refractivity contribution in [2.24, 2.45) is 4.99 Å². The van der Waals surface area contributed by atoms with Crippen molar-refractivity contribution in [1.29, 1.82) is 0 Å². The van der Waals surface area contributed by atoms with Crippen LogP contribution in [-0.4, -0.2) is 37.1 Å². The molecule has 0 bridgehead atoms. The lowest BCUT2D eigenvalue weighted by Crippen LogP contribution is -2.27. The van der Waals surface area contributed by atoms with Crippen LogP contribution in [0.15, 0.2) is 53.5 Å². The van der Waals surface area contributed by atoms with Gasteiger partial charge in [-0.2, -0.15) is 0 Å². The van der Waals surface area contributed by atoms with Gasteiger partial charge in [0.2, 0.25) is 0 Å². The highest BCUT2D eigenvalue weighted by molar-refractivity contribution is 6.18. The van der Waals surface area contributed by atoms with Gasteiger partial charge in [0.15, 0.2) is 0 Å². The predicted molar refractivity (Wildman–Crippen MR) is 101 cm³/mol. The number of nitrogens with zero attached hydrogens (tertiary/aromatic N) is 2. The van der Waals surface area contributed by atoms with Crippen LogP contribution in [0.4, 0.5) is 5.69 Å². The summed E-state index contributed by atoms with van der Waals surface area (Å²) in [6.45, 7) is 2.47. The molecule has 1 aliphatic heterocycles. The molecule has 0 aliphatic carbocycles. The Bertz CT molecular complexity index is 674. The second-order valence-electron chi connectivity index (χ2n) is 5.55. The van der Waals surface area contributed by atoms with Gasteiger partial charge in [-0.3, -0.25) is 4.99 Å². The van der Waals surface area contributed by atoms with Gasteiger partial charge in [0, 0.05) is 48.2 Å². The van der Waals surface area contributed by atoms with Crippen molar-refractivity contribution in [3.8, 4) is 0 Å². The number of hydrogen-bond acceptors (Lipinski definition) is 2. The first kappa shape index (κ1) is 16.4. The fourth-order valence-electron chi connectivity index (χ4n) is 2.99. The molecule has 4 heteroatoms. The third kappa shape index (κ3) is 3.70. The first-order valence-corrected chi connectivity index (χ1v) is 9.00. The van der Waals surface area contributed by atoms with Crippen LogP contribution in [0.2, 0.25) is 0 Å². The molecule has 3 rings (SSSR count). The van der Waals surface area contributed by atoms with E-state index in [9.17, 15) is 0 Å². The Morgan fingerprint density at radius 3 is 2.30 bits per heavy atom. The van der Waals surface area contributed by atoms with E-state index in [0.717, 1.165) is 43.0 Å². The predicted octanol–water partition coefficient (Wildman–Crippen LogP) is 4.36. The molecule has 2 aromatic carbocycles. The molecule has 0 fully saturated rings. The molecule has 0 N–H and O–H groups in total. The van der Waals surface area contributed by atoms with Crippen LogP contribution in [0.25, 0.3) is 0 Å². The normalized spacial score (nSPS) is 13.4. The number of hydrogen-bond donors (Lipinski definition) is 0. The summed E-state index contributed by atoms with van der Waals surface area (Å²) in [5.74, 6) is 1.19. The largest absolute Gasteiger partial charge is 0.369 e. The third-order valence-electron chi connectivity index (χ3n) is 4.14. The summed E-state index contributed by atoms with van der Waals surface area (Å²) in [7, 11) is 0. The smallest absolute Gasteiger partial charge is 0.0721 e. The molecule has 0 spiro atoms. The van der Waals surface area contributed by atoms with Crippen molar-refractivity contribution >= 4 is 34.6 Å². The quantitative estimate of drug-likeness (QED) is 0.709. The maximum atomic E-state index is 5.89. The number of halogens is 2. The minimum atomic E-state index is 0.596. The van der Waals surface area contributed by atoms with E-state index >= 15 is 0 Å². The zero-order valence-corrected chi connectivity index (χ0v) is 14.5. The Balaban J connectivity index is 1.86. The first-order valence-electron chi connectivity index (χ1n) is 7.93. The van der Waals surface area contributed by atoms with Crippen LogP contribution in [-0.2, 0) is 6.42 Å². The number of alkyl halides is 2. The molecule has 1 aliphatic rings. The van der Waals surface area contributed by atoms with E-state index in [1.165, 1.54) is 11.1 Å². The van der Waals surface area contributed by atoms with Crippen LogP contribution < -0.4 is 4.90 Å². The molecule has 0 amide bonds. The maximum Gasteiger partial charge on any atom is 0.0721 e. The van der Waals surface area contributed by atoms with Crippen molar-refractivity contribution in [2.75, 3.05) is 36.3 Å². The summed E-state index contributed by atoms with van der Waals surface area (Å²) in [6.07, 6.45) is 1.02. The van der Waals surface area contributed by atoms with Gasteiger partial charge < -0.3 is 4.90 Å². The average Bonchev–Trinajstić information content (AvgIpc) is 2.61. The Kier molecular flexibility index (Phi) is 5.58. The Morgan fingerprint density at radius 1 is 0.913 bits per heavy atom. The van der Waals surface area contributed by atoms with Gasteiger partial charge in [-0.05, 0) is 24.1 Å². The van der Waals surface area contributed by atoms with Crippen LogP contribution in [0.3, 0.4) is 0 Å². The SMILES string of the molecule is ClCCN(CCCl)c1ccc(C2=NCCc3ccccc32)cc1. The van der Waals surface area contributed by atoms with Gasteiger partial charge in [0.05, 0.1) is 5.71 Å². The van der Waals surface area contributed by atoms with E-state index in [4.69, 9.17) is 28.2 Å². The van der Waals surface area contributed by atoms with Crippen LogP contribution in [0.5, 0.6) is 0 Å². The molecule has 2 aromatic rings. The summed E-state index contributed by atoms with van der Waals surface area (Å²) in [5, 5.41) is 0. The number of rotatable bonds is 6. The second kappa shape index (κ2) is 7.85. The van der Waals surface area contributed by atoms with E-state index < -0.39 is 0 Å². The van der Waals surface area contributed by atoms with Gasteiger partial charge >= 0.3 is 0 Å². The Hall–Kier alpha value is -1.51. The fourth-order valence-corrected chi connectivity index (χ4v) is 3.40. The van der Waals surface area contributed by atoms with Gasteiger partial charge in [-0.1, -0.05) is 36.4 Å². The Morgan fingerprint density at radius 2 is 1.61 bits per heavy atom. The van der Waals surface area contributed by atoms with E-state index in [0.29, 0.717) is 11.8 Å². The average molecular weight is 347 g/mol. The number of aliphatic imine (C=N–C) groups is 1. The van der Waals surface area contributed by atoms with E-state index in [1.807, 2.05) is 0 Å². The highest BCUT2D eigenvalue weighted by Crippen LogP contribution is 2.22. The van der Waals surface area contributed by atoms with Crippen molar-refractivity contribution in [3.63, 3.8) is 0 Å². The highest BCUT2D eigenvalue weighted by Gasteiger charge is 2.15. The summed E-state index contributed by atoms with van der Waals surface area (Å²) in [5.41, 5.74) is 6.05. The topological polar surface area (TPSA) is 15.6 Å². The van der Waals surface area contributed by atoms with Gasteiger partial charge in [0.1, 0.15) is 0 Å². The lowest BCUT2D eigenvalue weighted by molar-refractivity contribution is 0.874. The molecule has 120 valence electrons. The lowest BCUT2D eigenvalue weighted by atomic mass is 9.93. The summed E-state index contributed by atoms with van der Waals surface area (Å²) in [6, 6.07) is 17.1. The summed E-state index contributed by atoms with van der Waals surface area (Å²) in [4.78, 5) is 6.96. The first-order chi connectivity index (χ1) is 11.3. The zero-order valence-electron chi connectivity index (χ0n) is 13.0. The molecule has 0 atom stereocenters. The summed E-state index contributed by atoms with van der Waals surface area (Å²) >= 11 is 11.8. The molecule has 0 unspecified atom stereocenters. The highest BCUT2D eigenvalue weighted by atomic mass is 35.5. The lowest BCUT2D eigenvalue weighted by Gasteiger charge is -2.23. The molecule has 0 aromatic heterocycles. The van der Waals surface area contributed by atoms with Crippen molar-refractivity contribution < 1.29 is 0 Å². The molecule has 1 heterocycles. The number of anilines is 1. The Labute approximate surface area is 147 Å². The van der Waals surface area contributed by atoms with Crippen molar-refractivity contribution in [1.82, 2.24) is 0 Å². The van der Waals surface area contributed by atoms with Crippen LogP contribution in [0.1, 0.15) is 16.7 Å². The molecule has 0 radical (unpaired) electrons. The molecule has 2 nitrogen and oxygen atoms in total. The zero-order chi connectivity index (χ0) is 16.1. The fraction of sp³-hybridized carbons (Fsp3) is 0.316.